The van der Waals surface area contributed by atoms with Crippen molar-refractivity contribution in [3.05, 3.63) is 54.6 Å². The first-order chi connectivity index (χ1) is 15.1. The number of para-hydroxylation sites is 1. The Labute approximate surface area is 183 Å². The van der Waals surface area contributed by atoms with Crippen LogP contribution in [0.3, 0.4) is 0 Å². The lowest BCUT2D eigenvalue weighted by atomic mass is 9.49. The second kappa shape index (κ2) is 8.37. The maximum atomic E-state index is 12.5. The van der Waals surface area contributed by atoms with Crippen LogP contribution in [0.25, 0.3) is 0 Å². The number of ether oxygens (including phenoxy) is 2. The van der Waals surface area contributed by atoms with Gasteiger partial charge in [-0.15, -0.1) is 0 Å². The summed E-state index contributed by atoms with van der Waals surface area (Å²) in [5, 5.41) is 2.79. The highest BCUT2D eigenvalue weighted by atomic mass is 16.5. The van der Waals surface area contributed by atoms with Crippen molar-refractivity contribution >= 4 is 17.6 Å². The molecule has 0 aromatic heterocycles. The maximum absolute atomic E-state index is 12.5. The number of anilines is 1. The normalized spacial score (nSPS) is 28.2. The molecule has 0 saturated heterocycles. The molecule has 4 aliphatic rings. The Morgan fingerprint density at radius 3 is 2.19 bits per heavy atom. The van der Waals surface area contributed by atoms with E-state index in [9.17, 15) is 9.59 Å². The summed E-state index contributed by atoms with van der Waals surface area (Å²) in [6.45, 7) is -0.255. The lowest BCUT2D eigenvalue weighted by Gasteiger charge is -2.56. The average Bonchev–Trinajstić information content (AvgIpc) is 2.72. The van der Waals surface area contributed by atoms with Gasteiger partial charge in [0.2, 0.25) is 0 Å². The quantitative estimate of drug-likeness (QED) is 0.596. The number of carbonyl (C=O) groups is 2. The highest BCUT2D eigenvalue weighted by Crippen LogP contribution is 2.61. The standard InChI is InChI=1S/C26H29NO4/c28-24(27-21-5-4-8-23(12-21)31-22-6-2-1-3-7-22)17-30-25(29)16-26-13-18-9-19(14-26)11-20(10-18)15-26/h1-8,12,18-20H,9-11,13-17H2,(H,27,28). The third-order valence-corrected chi connectivity index (χ3v) is 7.15. The molecule has 0 heterocycles. The molecule has 4 saturated carbocycles. The van der Waals surface area contributed by atoms with Crippen LogP contribution in [0.1, 0.15) is 44.9 Å². The number of amides is 1. The number of hydrogen-bond acceptors (Lipinski definition) is 4. The summed E-state index contributed by atoms with van der Waals surface area (Å²) in [7, 11) is 0. The van der Waals surface area contributed by atoms with Gasteiger partial charge in [0.05, 0.1) is 6.42 Å². The van der Waals surface area contributed by atoms with E-state index in [2.05, 4.69) is 5.32 Å². The molecular weight excluding hydrogens is 390 g/mol. The van der Waals surface area contributed by atoms with Gasteiger partial charge in [0.25, 0.3) is 5.91 Å². The smallest absolute Gasteiger partial charge is 0.306 e. The van der Waals surface area contributed by atoms with E-state index in [0.717, 1.165) is 42.8 Å². The van der Waals surface area contributed by atoms with Crippen LogP contribution in [0.5, 0.6) is 11.5 Å². The molecule has 31 heavy (non-hydrogen) atoms. The predicted octanol–water partition coefficient (Wildman–Crippen LogP) is 5.57. The largest absolute Gasteiger partial charge is 0.457 e. The van der Waals surface area contributed by atoms with Gasteiger partial charge < -0.3 is 14.8 Å². The first-order valence-electron chi connectivity index (χ1n) is 11.3. The van der Waals surface area contributed by atoms with Crippen LogP contribution in [-0.4, -0.2) is 18.5 Å². The fraction of sp³-hybridized carbons (Fsp3) is 0.462. The molecule has 4 bridgehead atoms. The zero-order chi connectivity index (χ0) is 21.3. The summed E-state index contributed by atoms with van der Waals surface area (Å²) in [6.07, 6.45) is 8.00. The van der Waals surface area contributed by atoms with Crippen molar-refractivity contribution in [3.8, 4) is 11.5 Å². The van der Waals surface area contributed by atoms with E-state index in [1.165, 1.54) is 19.3 Å². The first-order valence-corrected chi connectivity index (χ1v) is 11.3. The zero-order valence-corrected chi connectivity index (χ0v) is 17.7. The van der Waals surface area contributed by atoms with E-state index in [0.29, 0.717) is 17.9 Å². The van der Waals surface area contributed by atoms with E-state index in [4.69, 9.17) is 9.47 Å². The van der Waals surface area contributed by atoms with Crippen molar-refractivity contribution in [1.82, 2.24) is 0 Å². The van der Waals surface area contributed by atoms with Gasteiger partial charge in [-0.25, -0.2) is 0 Å². The third-order valence-electron chi connectivity index (χ3n) is 7.15. The Morgan fingerprint density at radius 1 is 0.871 bits per heavy atom. The Kier molecular flexibility index (Phi) is 5.43. The number of carbonyl (C=O) groups excluding carboxylic acids is 2. The average molecular weight is 420 g/mol. The molecule has 162 valence electrons. The molecule has 5 nitrogen and oxygen atoms in total. The van der Waals surface area contributed by atoms with Crippen LogP contribution >= 0.6 is 0 Å². The monoisotopic (exact) mass is 419 g/mol. The van der Waals surface area contributed by atoms with E-state index in [-0.39, 0.29) is 23.9 Å². The maximum Gasteiger partial charge on any atom is 0.306 e. The van der Waals surface area contributed by atoms with Crippen LogP contribution < -0.4 is 10.1 Å². The summed E-state index contributed by atoms with van der Waals surface area (Å²) < 4.78 is 11.2. The molecule has 0 spiro atoms. The Hall–Kier alpha value is -2.82. The molecule has 0 unspecified atom stereocenters. The van der Waals surface area contributed by atoms with Crippen molar-refractivity contribution < 1.29 is 19.1 Å². The number of rotatable bonds is 7. The van der Waals surface area contributed by atoms with Crippen molar-refractivity contribution in [3.63, 3.8) is 0 Å². The Morgan fingerprint density at radius 2 is 1.52 bits per heavy atom. The molecule has 0 radical (unpaired) electrons. The minimum atomic E-state index is -0.337. The molecular formula is C26H29NO4. The van der Waals surface area contributed by atoms with Crippen LogP contribution in [0.2, 0.25) is 0 Å². The van der Waals surface area contributed by atoms with Crippen molar-refractivity contribution in [1.29, 1.82) is 0 Å². The predicted molar refractivity (Wildman–Crippen MR) is 118 cm³/mol. The zero-order valence-electron chi connectivity index (χ0n) is 17.7. The molecule has 1 amide bonds. The molecule has 2 aromatic carbocycles. The highest BCUT2D eigenvalue weighted by molar-refractivity contribution is 5.93. The van der Waals surface area contributed by atoms with Crippen LogP contribution in [-0.2, 0) is 14.3 Å². The molecule has 1 N–H and O–H groups in total. The first kappa shape index (κ1) is 20.1. The van der Waals surface area contributed by atoms with Gasteiger partial charge >= 0.3 is 5.97 Å². The number of hydrogen-bond donors (Lipinski definition) is 1. The molecule has 0 aliphatic heterocycles. The summed E-state index contributed by atoms with van der Waals surface area (Å²) in [4.78, 5) is 24.8. The van der Waals surface area contributed by atoms with Crippen molar-refractivity contribution in [2.45, 2.75) is 44.9 Å². The van der Waals surface area contributed by atoms with E-state index in [1.54, 1.807) is 12.1 Å². The SMILES string of the molecule is O=C(COC(=O)CC12CC3CC(CC(C3)C1)C2)Nc1cccc(Oc2ccccc2)c1. The summed E-state index contributed by atoms with van der Waals surface area (Å²) >= 11 is 0. The molecule has 2 aromatic rings. The van der Waals surface area contributed by atoms with E-state index >= 15 is 0 Å². The van der Waals surface area contributed by atoms with Crippen molar-refractivity contribution in [2.75, 3.05) is 11.9 Å². The van der Waals surface area contributed by atoms with Gasteiger partial charge in [-0.2, -0.15) is 0 Å². The van der Waals surface area contributed by atoms with Crippen LogP contribution in [0.4, 0.5) is 5.69 Å². The Bertz CT molecular complexity index is 920. The second-order valence-corrected chi connectivity index (χ2v) is 9.75. The minimum Gasteiger partial charge on any atom is -0.457 e. The molecule has 0 atom stereocenters. The summed E-state index contributed by atoms with van der Waals surface area (Å²) in [5.41, 5.74) is 0.737. The molecule has 4 fully saturated rings. The van der Waals surface area contributed by atoms with Gasteiger partial charge in [-0.3, -0.25) is 9.59 Å². The summed E-state index contributed by atoms with van der Waals surface area (Å²) in [6, 6.07) is 16.6. The van der Waals surface area contributed by atoms with Crippen LogP contribution in [0.15, 0.2) is 54.6 Å². The Balaban J connectivity index is 1.11. The molecule has 4 aliphatic carbocycles. The number of esters is 1. The van der Waals surface area contributed by atoms with Gasteiger partial charge in [-0.1, -0.05) is 24.3 Å². The van der Waals surface area contributed by atoms with Gasteiger partial charge in [-0.05, 0) is 86.0 Å². The molecule has 5 heteroatoms. The lowest BCUT2D eigenvalue weighted by Crippen LogP contribution is -2.47. The molecule has 6 rings (SSSR count). The second-order valence-electron chi connectivity index (χ2n) is 9.75. The van der Waals surface area contributed by atoms with Gasteiger partial charge in [0, 0.05) is 11.8 Å². The topological polar surface area (TPSA) is 64.6 Å². The number of nitrogens with one attached hydrogen (secondary N) is 1. The van der Waals surface area contributed by atoms with Crippen molar-refractivity contribution in [2.24, 2.45) is 23.2 Å². The van der Waals surface area contributed by atoms with Gasteiger partial charge in [0.15, 0.2) is 6.61 Å². The fourth-order valence-electron chi connectivity index (χ4n) is 6.47. The fourth-order valence-corrected chi connectivity index (χ4v) is 6.47. The van der Waals surface area contributed by atoms with Crippen LogP contribution in [0, 0.1) is 23.2 Å². The lowest BCUT2D eigenvalue weighted by molar-refractivity contribution is -0.154. The number of benzene rings is 2. The third kappa shape index (κ3) is 4.76. The summed E-state index contributed by atoms with van der Waals surface area (Å²) in [5.74, 6) is 3.18. The van der Waals surface area contributed by atoms with E-state index < -0.39 is 0 Å². The highest BCUT2D eigenvalue weighted by Gasteiger charge is 2.51. The minimum absolute atomic E-state index is 0.130. The van der Waals surface area contributed by atoms with E-state index in [1.807, 2.05) is 42.5 Å². The van der Waals surface area contributed by atoms with Gasteiger partial charge in [0.1, 0.15) is 11.5 Å².